The van der Waals surface area contributed by atoms with Gasteiger partial charge in [-0.3, -0.25) is 14.4 Å². The van der Waals surface area contributed by atoms with Crippen LogP contribution in [0.25, 0.3) is 10.4 Å². The van der Waals surface area contributed by atoms with Crippen molar-refractivity contribution in [2.45, 2.75) is 51.5 Å². The first-order chi connectivity index (χ1) is 13.2. The Morgan fingerprint density at radius 1 is 0.964 bits per heavy atom. The molecule has 1 fully saturated rings. The van der Waals surface area contributed by atoms with Crippen molar-refractivity contribution in [2.24, 2.45) is 5.11 Å². The van der Waals surface area contributed by atoms with E-state index in [0.717, 1.165) is 27.9 Å². The van der Waals surface area contributed by atoms with Gasteiger partial charge in [-0.25, -0.2) is 4.79 Å². The van der Waals surface area contributed by atoms with Gasteiger partial charge in [-0.15, -0.1) is 0 Å². The third kappa shape index (κ3) is 6.68. The van der Waals surface area contributed by atoms with E-state index in [-0.39, 0.29) is 13.2 Å². The Labute approximate surface area is 159 Å². The predicted octanol–water partition coefficient (Wildman–Crippen LogP) is 0.00630. The number of carbonyl (C=O) groups excluding carboxylic acids is 4. The first-order valence-electron chi connectivity index (χ1n) is 8.08. The number of rotatable bonds is 8. The summed E-state index contributed by atoms with van der Waals surface area (Å²) in [5.74, 6) is -3.30. The van der Waals surface area contributed by atoms with E-state index in [9.17, 15) is 19.2 Å². The summed E-state index contributed by atoms with van der Waals surface area (Å²) < 4.78 is 30.9. The van der Waals surface area contributed by atoms with Gasteiger partial charge in [-0.1, -0.05) is 5.11 Å². The van der Waals surface area contributed by atoms with Gasteiger partial charge in [0.25, 0.3) is 0 Å². The van der Waals surface area contributed by atoms with Crippen molar-refractivity contribution in [3.05, 3.63) is 10.4 Å². The average molecular weight is 403 g/mol. The Hall–Kier alpha value is -2.89. The van der Waals surface area contributed by atoms with E-state index in [1.54, 1.807) is 0 Å². The second kappa shape index (κ2) is 11.1. The van der Waals surface area contributed by atoms with Crippen LogP contribution in [0, 0.1) is 0 Å². The quantitative estimate of drug-likeness (QED) is 0.134. The molecule has 0 saturated carbocycles. The Morgan fingerprint density at radius 3 is 2.00 bits per heavy atom. The molecule has 13 heteroatoms. The molecule has 1 heterocycles. The van der Waals surface area contributed by atoms with E-state index >= 15 is 0 Å². The first kappa shape index (κ1) is 23.1. The molecular weight excluding hydrogens is 382 g/mol. The van der Waals surface area contributed by atoms with Crippen LogP contribution in [-0.2, 0) is 47.6 Å². The van der Waals surface area contributed by atoms with Gasteiger partial charge in [0.15, 0.2) is 30.7 Å². The fourth-order valence-corrected chi connectivity index (χ4v) is 2.47. The highest BCUT2D eigenvalue weighted by Crippen LogP contribution is 2.30. The molecule has 0 amide bonds. The van der Waals surface area contributed by atoms with Gasteiger partial charge in [0.1, 0.15) is 0 Å². The summed E-state index contributed by atoms with van der Waals surface area (Å²) in [6, 6.07) is 0. The SMILES string of the molecule is COC(=O)C1O[C@@H](OCCN=[N+]=[N-])C(OC(C)=O)[C@@H](OC(C)=O)[C@@H]1OC(C)=O. The lowest BCUT2D eigenvalue weighted by molar-refractivity contribution is -0.301. The lowest BCUT2D eigenvalue weighted by Crippen LogP contribution is -2.63. The highest BCUT2D eigenvalue weighted by molar-refractivity contribution is 5.77. The highest BCUT2D eigenvalue weighted by Gasteiger charge is 2.55. The van der Waals surface area contributed by atoms with E-state index in [2.05, 4.69) is 14.8 Å². The third-order valence-corrected chi connectivity index (χ3v) is 3.37. The van der Waals surface area contributed by atoms with Crippen LogP contribution in [0.5, 0.6) is 0 Å². The Kier molecular flexibility index (Phi) is 9.15. The molecule has 5 atom stereocenters. The van der Waals surface area contributed by atoms with Gasteiger partial charge in [0.2, 0.25) is 0 Å². The van der Waals surface area contributed by atoms with Gasteiger partial charge in [-0.05, 0) is 5.53 Å². The van der Waals surface area contributed by atoms with Crippen molar-refractivity contribution in [2.75, 3.05) is 20.3 Å². The molecule has 0 N–H and O–H groups in total. The number of ether oxygens (including phenoxy) is 6. The van der Waals surface area contributed by atoms with Crippen LogP contribution in [0.2, 0.25) is 0 Å². The van der Waals surface area contributed by atoms with E-state index < -0.39 is 54.6 Å². The lowest BCUT2D eigenvalue weighted by atomic mass is 9.97. The number of azide groups is 1. The average Bonchev–Trinajstić information content (AvgIpc) is 2.61. The molecule has 1 saturated heterocycles. The Morgan fingerprint density at radius 2 is 1.50 bits per heavy atom. The number of hydrogen-bond donors (Lipinski definition) is 0. The molecule has 0 radical (unpaired) electrons. The van der Waals surface area contributed by atoms with E-state index in [4.69, 9.17) is 29.2 Å². The molecule has 0 spiro atoms. The van der Waals surface area contributed by atoms with Crippen molar-refractivity contribution in [3.63, 3.8) is 0 Å². The van der Waals surface area contributed by atoms with Crippen molar-refractivity contribution >= 4 is 23.9 Å². The van der Waals surface area contributed by atoms with Crippen LogP contribution in [0.1, 0.15) is 20.8 Å². The molecule has 0 aromatic rings. The molecule has 156 valence electrons. The van der Waals surface area contributed by atoms with Gasteiger partial charge in [-0.2, -0.15) is 0 Å². The molecule has 2 unspecified atom stereocenters. The number of esters is 4. The van der Waals surface area contributed by atoms with Crippen LogP contribution in [0.4, 0.5) is 0 Å². The summed E-state index contributed by atoms with van der Waals surface area (Å²) in [6.45, 7) is 3.00. The second-order valence-corrected chi connectivity index (χ2v) is 5.50. The van der Waals surface area contributed by atoms with Crippen molar-refractivity contribution in [3.8, 4) is 0 Å². The molecule has 0 aliphatic carbocycles. The zero-order chi connectivity index (χ0) is 21.3. The van der Waals surface area contributed by atoms with Crippen LogP contribution in [0.3, 0.4) is 0 Å². The predicted molar refractivity (Wildman–Crippen MR) is 87.3 cm³/mol. The minimum Gasteiger partial charge on any atom is -0.467 e. The number of carbonyl (C=O) groups is 4. The van der Waals surface area contributed by atoms with Crippen LogP contribution in [-0.4, -0.2) is 74.8 Å². The molecule has 1 aliphatic heterocycles. The maximum Gasteiger partial charge on any atom is 0.339 e. The maximum atomic E-state index is 12.1. The molecule has 0 aromatic heterocycles. The van der Waals surface area contributed by atoms with E-state index in [1.807, 2.05) is 0 Å². The number of methoxy groups -OCH3 is 1. The molecule has 28 heavy (non-hydrogen) atoms. The monoisotopic (exact) mass is 403 g/mol. The molecule has 0 bridgehead atoms. The summed E-state index contributed by atoms with van der Waals surface area (Å²) in [6.07, 6.45) is -7.20. The molecule has 1 rings (SSSR count). The first-order valence-corrected chi connectivity index (χ1v) is 8.08. The summed E-state index contributed by atoms with van der Waals surface area (Å²) >= 11 is 0. The standard InChI is InChI=1S/C15H21N3O10/c1-7(19)25-10-11(26-8(2)20)13(27-9(3)21)15(24-6-5-17-18-16)28-12(10)14(22)23-4/h10-13,15H,5-6H2,1-4H3/t10-,11-,12?,13?,15+/m0/s1. The summed E-state index contributed by atoms with van der Waals surface area (Å²) in [4.78, 5) is 49.3. The highest BCUT2D eigenvalue weighted by atomic mass is 16.7. The topological polar surface area (TPSA) is 172 Å². The van der Waals surface area contributed by atoms with Crippen molar-refractivity contribution in [1.82, 2.24) is 0 Å². The van der Waals surface area contributed by atoms with Gasteiger partial charge in [0.05, 0.1) is 13.7 Å². The third-order valence-electron chi connectivity index (χ3n) is 3.37. The summed E-state index contributed by atoms with van der Waals surface area (Å²) in [5, 5.41) is 3.28. The van der Waals surface area contributed by atoms with Crippen molar-refractivity contribution < 1.29 is 47.6 Å². The zero-order valence-corrected chi connectivity index (χ0v) is 15.7. The lowest BCUT2D eigenvalue weighted by Gasteiger charge is -2.43. The summed E-state index contributed by atoms with van der Waals surface area (Å²) in [5.41, 5.74) is 8.32. The smallest absolute Gasteiger partial charge is 0.339 e. The van der Waals surface area contributed by atoms with Gasteiger partial charge in [0, 0.05) is 32.2 Å². The molecule has 0 aromatic carbocycles. The molecular formula is C15H21N3O10. The fourth-order valence-electron chi connectivity index (χ4n) is 2.47. The molecule has 13 nitrogen and oxygen atoms in total. The van der Waals surface area contributed by atoms with Crippen molar-refractivity contribution in [1.29, 1.82) is 0 Å². The fraction of sp³-hybridized carbons (Fsp3) is 0.733. The summed E-state index contributed by atoms with van der Waals surface area (Å²) in [7, 11) is 1.08. The van der Waals surface area contributed by atoms with E-state index in [0.29, 0.717) is 0 Å². The van der Waals surface area contributed by atoms with Gasteiger partial charge < -0.3 is 28.4 Å². The number of nitrogens with zero attached hydrogens (tertiary/aromatic N) is 3. The minimum absolute atomic E-state index is 0.0857. The normalized spacial score (nSPS) is 26.4. The maximum absolute atomic E-state index is 12.1. The zero-order valence-electron chi connectivity index (χ0n) is 15.7. The van der Waals surface area contributed by atoms with Crippen LogP contribution >= 0.6 is 0 Å². The van der Waals surface area contributed by atoms with E-state index in [1.165, 1.54) is 0 Å². The van der Waals surface area contributed by atoms with Gasteiger partial charge >= 0.3 is 23.9 Å². The second-order valence-electron chi connectivity index (χ2n) is 5.50. The Balaban J connectivity index is 3.28. The Bertz CT molecular complexity index is 648. The minimum atomic E-state index is -1.53. The largest absolute Gasteiger partial charge is 0.467 e. The molecule has 1 aliphatic rings. The van der Waals surface area contributed by atoms with Crippen LogP contribution in [0.15, 0.2) is 5.11 Å². The number of hydrogen-bond acceptors (Lipinski definition) is 11. The van der Waals surface area contributed by atoms with Crippen LogP contribution < -0.4 is 0 Å².